The van der Waals surface area contributed by atoms with Gasteiger partial charge in [0.2, 0.25) is 0 Å². The first kappa shape index (κ1) is 6.25. The van der Waals surface area contributed by atoms with Gasteiger partial charge in [0.1, 0.15) is 6.16 Å². The second-order valence-electron chi connectivity index (χ2n) is 2.13. The minimum absolute atomic E-state index is 0.862. The summed E-state index contributed by atoms with van der Waals surface area (Å²) in [4.78, 5) is 10.9. The van der Waals surface area contributed by atoms with E-state index >= 15 is 0 Å². The summed E-state index contributed by atoms with van der Waals surface area (Å²) in [5.74, 6) is 0. The fraction of sp³-hybridized carbons (Fsp3) is 0.833. The molecule has 0 saturated heterocycles. The van der Waals surface area contributed by atoms with Crippen LogP contribution in [0.5, 0.6) is 0 Å². The summed E-state index contributed by atoms with van der Waals surface area (Å²) >= 11 is 0. The topological polar surface area (TPSA) is 23.1 Å². The highest BCUT2D eigenvalue weighted by atomic mass is 31.1. The van der Waals surface area contributed by atoms with E-state index in [2.05, 4.69) is 6.92 Å². The predicted octanol–water partition coefficient (Wildman–Crippen LogP) is 1.12. The minimum Gasteiger partial charge on any atom is -0.631 e. The van der Waals surface area contributed by atoms with Gasteiger partial charge < -0.3 is 4.89 Å². The van der Waals surface area contributed by atoms with E-state index in [9.17, 15) is 4.89 Å². The molecular formula is C6H11OP. The molecule has 0 aliphatic carbocycles. The van der Waals surface area contributed by atoms with Crippen molar-refractivity contribution in [3.05, 3.63) is 0 Å². The molecule has 0 aromatic carbocycles. The highest BCUT2D eigenvalue weighted by Crippen LogP contribution is 2.27. The van der Waals surface area contributed by atoms with Crippen molar-refractivity contribution >= 4 is 13.1 Å². The molecule has 1 atom stereocenters. The SMILES string of the molecule is CCC1=[P+]([O-])CCC1. The molecule has 0 aromatic heterocycles. The van der Waals surface area contributed by atoms with Crippen molar-refractivity contribution in [1.29, 1.82) is 0 Å². The minimum atomic E-state index is -0.862. The van der Waals surface area contributed by atoms with E-state index in [1.54, 1.807) is 0 Å². The second-order valence-corrected chi connectivity index (χ2v) is 3.96. The van der Waals surface area contributed by atoms with E-state index in [0.717, 1.165) is 19.0 Å². The summed E-state index contributed by atoms with van der Waals surface area (Å²) < 4.78 is 0. The van der Waals surface area contributed by atoms with Crippen LogP contribution < -0.4 is 4.89 Å². The van der Waals surface area contributed by atoms with Crippen LogP contribution in [0, 0.1) is 0 Å². The Bertz CT molecular complexity index is 118. The highest BCUT2D eigenvalue weighted by Gasteiger charge is 2.14. The molecule has 0 radical (unpaired) electrons. The molecule has 0 amide bonds. The highest BCUT2D eigenvalue weighted by molar-refractivity contribution is 7.52. The molecule has 8 heavy (non-hydrogen) atoms. The Labute approximate surface area is 51.2 Å². The van der Waals surface area contributed by atoms with E-state index in [-0.39, 0.29) is 0 Å². The van der Waals surface area contributed by atoms with Crippen LogP contribution in [0.15, 0.2) is 0 Å². The molecule has 0 spiro atoms. The molecule has 0 bridgehead atoms. The molecule has 1 nitrogen and oxygen atoms in total. The summed E-state index contributed by atoms with van der Waals surface area (Å²) in [5, 5.41) is 1.31. The maximum Gasteiger partial charge on any atom is 0.103 e. The first-order chi connectivity index (χ1) is 3.84. The van der Waals surface area contributed by atoms with Gasteiger partial charge in [-0.15, -0.1) is 0 Å². The van der Waals surface area contributed by atoms with Crippen LogP contribution in [-0.4, -0.2) is 11.5 Å². The Hall–Kier alpha value is 0.130. The Balaban J connectivity index is 2.58. The number of rotatable bonds is 1. The quantitative estimate of drug-likeness (QED) is 0.488. The lowest BCUT2D eigenvalue weighted by Gasteiger charge is -1.90. The average Bonchev–Trinajstić information content (AvgIpc) is 2.14. The number of hydrogen-bond donors (Lipinski definition) is 0. The summed E-state index contributed by atoms with van der Waals surface area (Å²) in [5.41, 5.74) is 0. The maximum atomic E-state index is 10.9. The van der Waals surface area contributed by atoms with Gasteiger partial charge in [0.25, 0.3) is 0 Å². The molecule has 1 aliphatic heterocycles. The Morgan fingerprint density at radius 3 is 2.75 bits per heavy atom. The van der Waals surface area contributed by atoms with Crippen molar-refractivity contribution in [2.24, 2.45) is 0 Å². The fourth-order valence-corrected chi connectivity index (χ4v) is 2.58. The number of hydrogen-bond acceptors (Lipinski definition) is 1. The lowest BCUT2D eigenvalue weighted by Crippen LogP contribution is -1.94. The summed E-state index contributed by atoms with van der Waals surface area (Å²) in [6, 6.07) is 0. The lowest BCUT2D eigenvalue weighted by atomic mass is 10.2. The van der Waals surface area contributed by atoms with Crippen LogP contribution in [0.2, 0.25) is 0 Å². The van der Waals surface area contributed by atoms with E-state index in [4.69, 9.17) is 0 Å². The average molecular weight is 130 g/mol. The van der Waals surface area contributed by atoms with Crippen molar-refractivity contribution < 1.29 is 4.89 Å². The second kappa shape index (κ2) is 2.61. The van der Waals surface area contributed by atoms with Gasteiger partial charge in [-0.25, -0.2) is 0 Å². The zero-order chi connectivity index (χ0) is 5.98. The van der Waals surface area contributed by atoms with Crippen molar-refractivity contribution in [3.63, 3.8) is 0 Å². The first-order valence-electron chi connectivity index (χ1n) is 3.14. The van der Waals surface area contributed by atoms with Gasteiger partial charge in [-0.05, 0) is 6.42 Å². The van der Waals surface area contributed by atoms with E-state index in [1.165, 1.54) is 11.7 Å². The standard InChI is InChI=1S/C6H11OP/c1-2-6-4-3-5-8(6)7/h2-5H2,1H3. The van der Waals surface area contributed by atoms with Gasteiger partial charge >= 0.3 is 0 Å². The summed E-state index contributed by atoms with van der Waals surface area (Å²) in [7, 11) is -0.862. The first-order valence-corrected chi connectivity index (χ1v) is 4.58. The van der Waals surface area contributed by atoms with Gasteiger partial charge in [0, 0.05) is 20.6 Å². The molecule has 1 unspecified atom stereocenters. The predicted molar refractivity (Wildman–Crippen MR) is 36.3 cm³/mol. The van der Waals surface area contributed by atoms with E-state index < -0.39 is 7.77 Å². The zero-order valence-corrected chi connectivity index (χ0v) is 6.08. The Morgan fingerprint density at radius 1 is 1.75 bits per heavy atom. The van der Waals surface area contributed by atoms with Crippen LogP contribution >= 0.6 is 7.77 Å². The van der Waals surface area contributed by atoms with Crippen molar-refractivity contribution in [2.75, 3.05) is 6.16 Å². The van der Waals surface area contributed by atoms with Crippen LogP contribution in [-0.2, 0) is 0 Å². The fourth-order valence-electron chi connectivity index (χ4n) is 1.06. The van der Waals surface area contributed by atoms with Gasteiger partial charge in [-0.1, -0.05) is 6.92 Å². The smallest absolute Gasteiger partial charge is 0.103 e. The Morgan fingerprint density at radius 2 is 2.50 bits per heavy atom. The van der Waals surface area contributed by atoms with Crippen molar-refractivity contribution in [1.82, 2.24) is 0 Å². The molecule has 0 N–H and O–H groups in total. The van der Waals surface area contributed by atoms with Gasteiger partial charge in [-0.3, -0.25) is 0 Å². The molecule has 46 valence electrons. The van der Waals surface area contributed by atoms with Crippen LogP contribution in [0.3, 0.4) is 0 Å². The zero-order valence-electron chi connectivity index (χ0n) is 5.18. The molecule has 1 heterocycles. The van der Waals surface area contributed by atoms with E-state index in [0.29, 0.717) is 0 Å². The molecule has 1 aliphatic rings. The Kier molecular flexibility index (Phi) is 2.04. The van der Waals surface area contributed by atoms with Crippen molar-refractivity contribution in [2.45, 2.75) is 26.2 Å². The summed E-state index contributed by atoms with van der Waals surface area (Å²) in [6.45, 7) is 2.09. The van der Waals surface area contributed by atoms with Crippen molar-refractivity contribution in [3.8, 4) is 0 Å². The third-order valence-electron chi connectivity index (χ3n) is 1.59. The van der Waals surface area contributed by atoms with Crippen LogP contribution in [0.25, 0.3) is 0 Å². The maximum absolute atomic E-state index is 10.9. The van der Waals surface area contributed by atoms with Gasteiger partial charge in [0.05, 0.1) is 5.29 Å². The summed E-state index contributed by atoms with van der Waals surface area (Å²) in [6.07, 6.45) is 4.29. The molecule has 0 saturated carbocycles. The molecule has 2 heteroatoms. The molecule has 0 fully saturated rings. The van der Waals surface area contributed by atoms with Crippen LogP contribution in [0.4, 0.5) is 0 Å². The normalized spacial score (nSPS) is 24.8. The largest absolute Gasteiger partial charge is 0.631 e. The van der Waals surface area contributed by atoms with Gasteiger partial charge in [0.15, 0.2) is 0 Å². The molecular weight excluding hydrogens is 119 g/mol. The monoisotopic (exact) mass is 130 g/mol. The molecule has 1 rings (SSSR count). The third kappa shape index (κ3) is 1.10. The van der Waals surface area contributed by atoms with E-state index in [1.807, 2.05) is 0 Å². The lowest BCUT2D eigenvalue weighted by molar-refractivity contribution is -0.152. The third-order valence-corrected chi connectivity index (χ3v) is 3.56. The molecule has 0 aromatic rings. The van der Waals surface area contributed by atoms with Gasteiger partial charge in [-0.2, -0.15) is 0 Å². The van der Waals surface area contributed by atoms with Crippen LogP contribution in [0.1, 0.15) is 26.2 Å².